The van der Waals surface area contributed by atoms with E-state index in [-0.39, 0.29) is 31.0 Å². The van der Waals surface area contributed by atoms with Crippen LogP contribution in [0.3, 0.4) is 0 Å². The number of carbonyl (C=O) groups is 3. The summed E-state index contributed by atoms with van der Waals surface area (Å²) in [5.41, 5.74) is 3.92. The Labute approximate surface area is 207 Å². The summed E-state index contributed by atoms with van der Waals surface area (Å²) in [4.78, 5) is 41.6. The molecule has 0 saturated heterocycles. The summed E-state index contributed by atoms with van der Waals surface area (Å²) in [5, 5.41) is 3.27. The van der Waals surface area contributed by atoms with Crippen molar-refractivity contribution in [2.45, 2.75) is 46.1 Å². The molecule has 1 N–H and O–H groups in total. The van der Waals surface area contributed by atoms with E-state index in [1.165, 1.54) is 7.11 Å². The van der Waals surface area contributed by atoms with Gasteiger partial charge in [-0.1, -0.05) is 19.1 Å². The van der Waals surface area contributed by atoms with E-state index >= 15 is 0 Å². The number of carbonyl (C=O) groups excluding carboxylic acids is 3. The van der Waals surface area contributed by atoms with E-state index in [0.29, 0.717) is 23.3 Å². The monoisotopic (exact) mass is 484 g/mol. The Kier molecular flexibility index (Phi) is 8.38. The van der Waals surface area contributed by atoms with Crippen LogP contribution in [0.1, 0.15) is 45.6 Å². The molecule has 2 aliphatic rings. The third-order valence-electron chi connectivity index (χ3n) is 6.47. The van der Waals surface area contributed by atoms with Crippen LogP contribution in [0.25, 0.3) is 0 Å². The van der Waals surface area contributed by atoms with Gasteiger partial charge >= 0.3 is 11.9 Å². The topological polar surface area (TPSA) is 94.2 Å². The van der Waals surface area contributed by atoms with Gasteiger partial charge in [0, 0.05) is 42.7 Å². The van der Waals surface area contributed by atoms with Crippen LogP contribution in [0.15, 0.2) is 46.8 Å². The van der Waals surface area contributed by atoms with Crippen molar-refractivity contribution < 1.29 is 28.6 Å². The van der Waals surface area contributed by atoms with E-state index in [1.807, 2.05) is 71.0 Å². The second kappa shape index (κ2) is 11.1. The van der Waals surface area contributed by atoms with Gasteiger partial charge in [0.25, 0.3) is 0 Å². The van der Waals surface area contributed by atoms with Crippen LogP contribution in [0.5, 0.6) is 0 Å². The third-order valence-corrected chi connectivity index (χ3v) is 6.47. The fourth-order valence-electron chi connectivity index (χ4n) is 4.75. The lowest BCUT2D eigenvalue weighted by Crippen LogP contribution is -2.43. The highest BCUT2D eigenvalue weighted by Crippen LogP contribution is 2.45. The number of Topliss-reactive ketones (excluding diaryl/α,β-unsaturated/α-hetero) is 1. The summed E-state index contributed by atoms with van der Waals surface area (Å²) in [5.74, 6) is -3.20. The first-order chi connectivity index (χ1) is 16.6. The van der Waals surface area contributed by atoms with Gasteiger partial charge in [0.15, 0.2) is 5.78 Å². The van der Waals surface area contributed by atoms with Gasteiger partial charge in [-0.3, -0.25) is 9.59 Å². The number of nitrogens with zero attached hydrogens (tertiary/aromatic N) is 1. The molecule has 35 heavy (non-hydrogen) atoms. The Bertz CT molecular complexity index is 1040. The predicted octanol–water partition coefficient (Wildman–Crippen LogP) is 3.33. The van der Waals surface area contributed by atoms with E-state index in [2.05, 4.69) is 5.32 Å². The molecule has 8 heteroatoms. The lowest BCUT2D eigenvalue weighted by atomic mass is 9.69. The minimum absolute atomic E-state index is 0.0266. The van der Waals surface area contributed by atoms with Crippen LogP contribution in [0.2, 0.25) is 0 Å². The van der Waals surface area contributed by atoms with Gasteiger partial charge in [-0.2, -0.15) is 0 Å². The molecule has 3 atom stereocenters. The van der Waals surface area contributed by atoms with Crippen molar-refractivity contribution in [1.29, 1.82) is 0 Å². The average Bonchev–Trinajstić information content (AvgIpc) is 2.80. The zero-order chi connectivity index (χ0) is 25.9. The molecule has 1 aromatic rings. The molecule has 8 nitrogen and oxygen atoms in total. The van der Waals surface area contributed by atoms with Crippen LogP contribution in [-0.2, 0) is 28.6 Å². The maximum Gasteiger partial charge on any atom is 0.336 e. The smallest absolute Gasteiger partial charge is 0.336 e. The molecule has 0 fully saturated rings. The van der Waals surface area contributed by atoms with E-state index < -0.39 is 23.8 Å². The maximum absolute atomic E-state index is 13.7. The number of benzene rings is 1. The molecule has 0 spiro atoms. The van der Waals surface area contributed by atoms with Gasteiger partial charge in [0.05, 0.1) is 25.4 Å². The van der Waals surface area contributed by atoms with Gasteiger partial charge < -0.3 is 24.4 Å². The zero-order valence-corrected chi connectivity index (χ0v) is 21.6. The third kappa shape index (κ3) is 5.59. The average molecular weight is 485 g/mol. The number of ether oxygens (including phenoxy) is 3. The molecule has 1 aliphatic heterocycles. The number of ketones is 1. The van der Waals surface area contributed by atoms with Crippen LogP contribution in [0, 0.1) is 11.8 Å². The normalized spacial score (nSPS) is 22.1. The van der Waals surface area contributed by atoms with Crippen molar-refractivity contribution in [1.82, 2.24) is 5.32 Å². The SMILES string of the molecule is COC(=O)[C@@H]1C(=O)C2=C(C[C@H]1C)NC(C)=C(C(=O)OCCOC(C)C)[C@H]2c1ccc(N(C)C)cc1. The van der Waals surface area contributed by atoms with Crippen LogP contribution < -0.4 is 10.2 Å². The quantitative estimate of drug-likeness (QED) is 0.341. The van der Waals surface area contributed by atoms with Crippen molar-refractivity contribution in [3.05, 3.63) is 52.4 Å². The predicted molar refractivity (Wildman–Crippen MR) is 133 cm³/mol. The Morgan fingerprint density at radius 1 is 1.14 bits per heavy atom. The standard InChI is InChI=1S/C27H36N2O6/c1-15(2)34-12-13-35-27(32)22-17(4)28-20-14-16(3)21(26(31)33-7)25(30)24(20)23(22)18-8-10-19(11-9-18)29(5)6/h8-11,15-16,21,23,28H,12-14H2,1-7H3/t16-,21+,23-/m1/s1. The summed E-state index contributed by atoms with van der Waals surface area (Å²) in [6, 6.07) is 7.72. The second-order valence-electron chi connectivity index (χ2n) is 9.58. The van der Waals surface area contributed by atoms with Crippen molar-refractivity contribution in [2.75, 3.05) is 39.3 Å². The molecule has 3 rings (SSSR count). The molecule has 0 radical (unpaired) electrons. The number of methoxy groups -OCH3 is 1. The van der Waals surface area contributed by atoms with Gasteiger partial charge in [-0.05, 0) is 50.8 Å². The van der Waals surface area contributed by atoms with Gasteiger partial charge in [-0.25, -0.2) is 4.79 Å². The summed E-state index contributed by atoms with van der Waals surface area (Å²) in [6.45, 7) is 7.88. The molecular formula is C27H36N2O6. The molecular weight excluding hydrogens is 448 g/mol. The highest BCUT2D eigenvalue weighted by molar-refractivity contribution is 6.12. The number of allylic oxidation sites excluding steroid dienone is 3. The van der Waals surface area contributed by atoms with E-state index in [1.54, 1.807) is 0 Å². The summed E-state index contributed by atoms with van der Waals surface area (Å²) < 4.78 is 16.0. The molecule has 190 valence electrons. The summed E-state index contributed by atoms with van der Waals surface area (Å²) in [7, 11) is 5.17. The minimum Gasteiger partial charge on any atom is -0.468 e. The van der Waals surface area contributed by atoms with E-state index in [9.17, 15) is 14.4 Å². The van der Waals surface area contributed by atoms with Crippen LogP contribution in [-0.4, -0.2) is 58.2 Å². The van der Waals surface area contributed by atoms with Crippen LogP contribution in [0.4, 0.5) is 5.69 Å². The Morgan fingerprint density at radius 2 is 1.80 bits per heavy atom. The molecule has 0 bridgehead atoms. The molecule has 1 aliphatic carbocycles. The largest absolute Gasteiger partial charge is 0.468 e. The van der Waals surface area contributed by atoms with E-state index in [4.69, 9.17) is 14.2 Å². The number of hydrogen-bond acceptors (Lipinski definition) is 8. The fourth-order valence-corrected chi connectivity index (χ4v) is 4.75. The maximum atomic E-state index is 13.7. The molecule has 0 aromatic heterocycles. The first-order valence-corrected chi connectivity index (χ1v) is 12.0. The highest BCUT2D eigenvalue weighted by Gasteiger charge is 2.47. The number of esters is 2. The number of rotatable bonds is 8. The minimum atomic E-state index is -0.917. The fraction of sp³-hybridized carbons (Fsp3) is 0.519. The summed E-state index contributed by atoms with van der Waals surface area (Å²) >= 11 is 0. The first-order valence-electron chi connectivity index (χ1n) is 12.0. The Hall–Kier alpha value is -3.13. The first kappa shape index (κ1) is 26.5. The van der Waals surface area contributed by atoms with Gasteiger partial charge in [0.2, 0.25) is 0 Å². The van der Waals surface area contributed by atoms with Crippen molar-refractivity contribution in [3.63, 3.8) is 0 Å². The molecule has 0 unspecified atom stereocenters. The van der Waals surface area contributed by atoms with Gasteiger partial charge in [-0.15, -0.1) is 0 Å². The van der Waals surface area contributed by atoms with Gasteiger partial charge in [0.1, 0.15) is 12.5 Å². The molecule has 1 heterocycles. The second-order valence-corrected chi connectivity index (χ2v) is 9.58. The molecule has 1 aromatic carbocycles. The highest BCUT2D eigenvalue weighted by atomic mass is 16.6. The van der Waals surface area contributed by atoms with Crippen LogP contribution >= 0.6 is 0 Å². The number of dihydropyridines is 1. The molecule has 0 amide bonds. The number of anilines is 1. The lowest BCUT2D eigenvalue weighted by molar-refractivity contribution is -0.151. The zero-order valence-electron chi connectivity index (χ0n) is 21.6. The number of nitrogens with one attached hydrogen (secondary N) is 1. The van der Waals surface area contributed by atoms with E-state index in [0.717, 1.165) is 16.9 Å². The summed E-state index contributed by atoms with van der Waals surface area (Å²) in [6.07, 6.45) is 0.522. The number of hydrogen-bond donors (Lipinski definition) is 1. The lowest BCUT2D eigenvalue weighted by Gasteiger charge is -2.38. The molecule has 0 saturated carbocycles. The Balaban J connectivity index is 2.05. The van der Waals surface area contributed by atoms with Crippen molar-refractivity contribution in [3.8, 4) is 0 Å². The van der Waals surface area contributed by atoms with Crippen molar-refractivity contribution >= 4 is 23.4 Å². The van der Waals surface area contributed by atoms with Crippen molar-refractivity contribution in [2.24, 2.45) is 11.8 Å². The Morgan fingerprint density at radius 3 is 2.37 bits per heavy atom.